The summed E-state index contributed by atoms with van der Waals surface area (Å²) in [5.74, 6) is 0.411. The molecule has 1 aliphatic carbocycles. The molecule has 1 aromatic carbocycles. The number of nitrogens with one attached hydrogen (secondary N) is 1. The molecule has 5 rings (SSSR count). The first kappa shape index (κ1) is 30.5. The second kappa shape index (κ2) is 11.6. The van der Waals surface area contributed by atoms with Crippen molar-refractivity contribution in [3.63, 3.8) is 0 Å². The number of hydrogen-bond donors (Lipinski definition) is 2. The van der Waals surface area contributed by atoms with Crippen molar-refractivity contribution in [2.45, 2.75) is 96.5 Å². The molecule has 0 spiro atoms. The van der Waals surface area contributed by atoms with Gasteiger partial charge in [0.15, 0.2) is 5.65 Å². The lowest BCUT2D eigenvalue weighted by molar-refractivity contribution is 0.00688. The number of piperidine rings is 1. The Bertz CT molecular complexity index is 1490. The average Bonchev–Trinajstić information content (AvgIpc) is 3.26. The van der Waals surface area contributed by atoms with Gasteiger partial charge in [0, 0.05) is 24.7 Å². The van der Waals surface area contributed by atoms with Crippen LogP contribution in [0.5, 0.6) is 0 Å². The molecule has 2 atom stereocenters. The van der Waals surface area contributed by atoms with Crippen molar-refractivity contribution >= 4 is 35.2 Å². The van der Waals surface area contributed by atoms with Crippen molar-refractivity contribution < 1.29 is 28.6 Å². The van der Waals surface area contributed by atoms with E-state index in [1.54, 1.807) is 69.3 Å². The van der Waals surface area contributed by atoms with Gasteiger partial charge in [-0.2, -0.15) is 9.61 Å². The maximum absolute atomic E-state index is 14.5. The zero-order valence-corrected chi connectivity index (χ0v) is 25.6. The Hall–Kier alpha value is -3.93. The van der Waals surface area contributed by atoms with Crippen LogP contribution in [-0.2, 0) is 9.47 Å². The van der Waals surface area contributed by atoms with E-state index in [1.807, 2.05) is 0 Å². The molecule has 12 heteroatoms. The minimum atomic E-state index is -0.825. The molecular formula is C31H41FN6O5. The lowest BCUT2D eigenvalue weighted by Crippen LogP contribution is -2.53. The van der Waals surface area contributed by atoms with Gasteiger partial charge in [0.05, 0.1) is 24.0 Å². The molecule has 1 saturated heterocycles. The van der Waals surface area contributed by atoms with Crippen LogP contribution in [0.25, 0.3) is 5.65 Å². The van der Waals surface area contributed by atoms with Crippen LogP contribution in [0.3, 0.4) is 0 Å². The van der Waals surface area contributed by atoms with Crippen LogP contribution in [-0.4, -0.2) is 73.2 Å². The van der Waals surface area contributed by atoms with Crippen LogP contribution >= 0.6 is 0 Å². The molecule has 0 unspecified atom stereocenters. The molecule has 2 N–H and O–H groups in total. The predicted molar refractivity (Wildman–Crippen MR) is 160 cm³/mol. The predicted octanol–water partition coefficient (Wildman–Crippen LogP) is 5.99. The van der Waals surface area contributed by atoms with E-state index >= 15 is 0 Å². The Morgan fingerprint density at radius 3 is 2.42 bits per heavy atom. The van der Waals surface area contributed by atoms with Gasteiger partial charge in [-0.15, -0.1) is 0 Å². The smallest absolute Gasteiger partial charge is 0.420 e. The Balaban J connectivity index is 1.57. The third-order valence-corrected chi connectivity index (χ3v) is 7.46. The number of benzene rings is 1. The summed E-state index contributed by atoms with van der Waals surface area (Å²) in [7, 11) is 0. The highest BCUT2D eigenvalue weighted by Crippen LogP contribution is 2.40. The van der Waals surface area contributed by atoms with Crippen molar-refractivity contribution in [2.75, 3.05) is 23.3 Å². The zero-order chi connectivity index (χ0) is 31.1. The summed E-state index contributed by atoms with van der Waals surface area (Å²) in [5.41, 5.74) is 0.263. The first-order chi connectivity index (χ1) is 20.2. The van der Waals surface area contributed by atoms with E-state index in [2.05, 4.69) is 10.4 Å². The number of nitrogens with zero attached hydrogens (tertiary/aromatic N) is 5. The highest BCUT2D eigenvalue weighted by Gasteiger charge is 2.35. The van der Waals surface area contributed by atoms with Crippen LogP contribution < -0.4 is 10.2 Å². The van der Waals surface area contributed by atoms with Crippen molar-refractivity contribution in [2.24, 2.45) is 0 Å². The normalized spacial score (nSPS) is 19.6. The maximum atomic E-state index is 14.5. The van der Waals surface area contributed by atoms with Gasteiger partial charge in [-0.3, -0.25) is 0 Å². The van der Waals surface area contributed by atoms with E-state index in [1.165, 1.54) is 23.1 Å². The SMILES string of the molecule is CC(C)(C)OC(=O)N1CC[C@H](O)[C@@H](Nc2cc(N(C(=O)OC(C)(C)C)c3cccc(F)c3)n3ncc(C4CCC4)c3n2)C1. The Morgan fingerprint density at radius 2 is 1.79 bits per heavy atom. The second-order valence-corrected chi connectivity index (χ2v) is 13.3. The van der Waals surface area contributed by atoms with E-state index in [-0.39, 0.29) is 24.0 Å². The lowest BCUT2D eigenvalue weighted by Gasteiger charge is -2.37. The summed E-state index contributed by atoms with van der Waals surface area (Å²) in [6.07, 6.45) is 3.28. The number of anilines is 3. The fourth-order valence-electron chi connectivity index (χ4n) is 5.22. The molecule has 11 nitrogen and oxygen atoms in total. The minimum absolute atomic E-state index is 0.187. The highest BCUT2D eigenvalue weighted by atomic mass is 19.1. The number of ether oxygens (including phenoxy) is 2. The van der Waals surface area contributed by atoms with Crippen molar-refractivity contribution in [1.29, 1.82) is 0 Å². The Labute approximate surface area is 251 Å². The van der Waals surface area contributed by atoms with Crippen molar-refractivity contribution in [3.05, 3.63) is 47.9 Å². The molecule has 2 amide bonds. The van der Waals surface area contributed by atoms with Crippen molar-refractivity contribution in [3.8, 4) is 0 Å². The molecular weight excluding hydrogens is 555 g/mol. The van der Waals surface area contributed by atoms with E-state index in [4.69, 9.17) is 14.5 Å². The summed E-state index contributed by atoms with van der Waals surface area (Å²) >= 11 is 0. The molecule has 3 heterocycles. The number of aliphatic hydroxyl groups is 1. The zero-order valence-electron chi connectivity index (χ0n) is 25.6. The number of amides is 2. The monoisotopic (exact) mass is 596 g/mol. The molecule has 2 aliphatic rings. The summed E-state index contributed by atoms with van der Waals surface area (Å²) in [6, 6.07) is 6.75. The Kier molecular flexibility index (Phi) is 8.26. The number of aliphatic hydroxyl groups excluding tert-OH is 1. The number of fused-ring (bicyclic) bond motifs is 1. The van der Waals surface area contributed by atoms with Gasteiger partial charge >= 0.3 is 12.2 Å². The van der Waals surface area contributed by atoms with Gasteiger partial charge in [-0.05, 0) is 84.9 Å². The first-order valence-electron chi connectivity index (χ1n) is 14.8. The van der Waals surface area contributed by atoms with Crippen LogP contribution in [0, 0.1) is 5.82 Å². The molecule has 3 aromatic rings. The van der Waals surface area contributed by atoms with E-state index in [9.17, 15) is 19.1 Å². The number of rotatable bonds is 5. The van der Waals surface area contributed by atoms with E-state index < -0.39 is 41.4 Å². The summed E-state index contributed by atoms with van der Waals surface area (Å²) < 4.78 is 27.3. The molecule has 43 heavy (non-hydrogen) atoms. The number of carbonyl (C=O) groups excluding carboxylic acids is 2. The number of halogens is 1. The maximum Gasteiger partial charge on any atom is 0.420 e. The third-order valence-electron chi connectivity index (χ3n) is 7.46. The molecule has 232 valence electrons. The molecule has 2 fully saturated rings. The van der Waals surface area contributed by atoms with Gasteiger partial charge in [0.25, 0.3) is 0 Å². The number of hydrogen-bond acceptors (Lipinski definition) is 8. The van der Waals surface area contributed by atoms with E-state index in [0.717, 1.165) is 24.8 Å². The quantitative estimate of drug-likeness (QED) is 0.368. The average molecular weight is 597 g/mol. The molecule has 2 aromatic heterocycles. The number of likely N-dealkylation sites (tertiary alicyclic amines) is 1. The fraction of sp³-hybridized carbons (Fsp3) is 0.548. The summed E-state index contributed by atoms with van der Waals surface area (Å²) in [5, 5.41) is 18.8. The number of carbonyl (C=O) groups is 2. The van der Waals surface area contributed by atoms with Crippen LogP contribution in [0.2, 0.25) is 0 Å². The second-order valence-electron chi connectivity index (χ2n) is 13.3. The minimum Gasteiger partial charge on any atom is -0.444 e. The summed E-state index contributed by atoms with van der Waals surface area (Å²) in [6.45, 7) is 11.2. The van der Waals surface area contributed by atoms with Gasteiger partial charge in [0.2, 0.25) is 0 Å². The standard InChI is InChI=1S/C31H41FN6O5/c1-30(2,3)42-28(40)36-14-13-24(39)23(18-36)34-25-16-26(38-27(35-25)22(17-33-38)19-9-7-10-19)37(29(41)43-31(4,5)6)21-12-8-11-20(32)15-21/h8,11-12,15-17,19,23-24,39H,7,9-10,13-14,18H2,1-6H3,(H,34,35)/t23-,24-/m0/s1. The topological polar surface area (TPSA) is 122 Å². The van der Waals surface area contributed by atoms with Gasteiger partial charge < -0.3 is 24.8 Å². The highest BCUT2D eigenvalue weighted by molar-refractivity contribution is 5.96. The van der Waals surface area contributed by atoms with E-state index in [0.29, 0.717) is 24.4 Å². The van der Waals surface area contributed by atoms with Gasteiger partial charge in [0.1, 0.15) is 28.7 Å². The Morgan fingerprint density at radius 1 is 1.07 bits per heavy atom. The van der Waals surface area contributed by atoms with Gasteiger partial charge in [-0.25, -0.2) is 23.9 Å². The summed E-state index contributed by atoms with van der Waals surface area (Å²) in [4.78, 5) is 34.2. The largest absolute Gasteiger partial charge is 0.444 e. The van der Waals surface area contributed by atoms with Crippen molar-refractivity contribution in [1.82, 2.24) is 19.5 Å². The third kappa shape index (κ3) is 7.01. The molecule has 0 bridgehead atoms. The molecule has 0 radical (unpaired) electrons. The molecule has 1 saturated carbocycles. The van der Waals surface area contributed by atoms with Crippen LogP contribution in [0.15, 0.2) is 36.5 Å². The van der Waals surface area contributed by atoms with Gasteiger partial charge in [-0.1, -0.05) is 12.5 Å². The fourth-order valence-corrected chi connectivity index (χ4v) is 5.22. The molecule has 1 aliphatic heterocycles. The lowest BCUT2D eigenvalue weighted by atomic mass is 9.81. The van der Waals surface area contributed by atoms with Crippen LogP contribution in [0.1, 0.15) is 78.7 Å². The number of aromatic nitrogens is 3. The first-order valence-corrected chi connectivity index (χ1v) is 14.8. The van der Waals surface area contributed by atoms with Crippen LogP contribution in [0.4, 0.5) is 31.3 Å².